The van der Waals surface area contributed by atoms with Gasteiger partial charge in [0, 0.05) is 0 Å². The molecule has 1 aliphatic carbocycles. The maximum absolute atomic E-state index is 13.6. The van der Waals surface area contributed by atoms with E-state index >= 15 is 0 Å². The normalized spacial score (nSPS) is 19.8. The van der Waals surface area contributed by atoms with E-state index in [-0.39, 0.29) is 23.2 Å². The fourth-order valence-electron chi connectivity index (χ4n) is 3.44. The van der Waals surface area contributed by atoms with Crippen LogP contribution in [0.25, 0.3) is 0 Å². The van der Waals surface area contributed by atoms with Crippen LogP contribution in [0.1, 0.15) is 36.8 Å². The number of carbonyl (C=O) groups is 1. The van der Waals surface area contributed by atoms with Crippen molar-refractivity contribution in [1.82, 2.24) is 0 Å². The van der Waals surface area contributed by atoms with Crippen LogP contribution < -0.4 is 4.74 Å². The van der Waals surface area contributed by atoms with Crippen molar-refractivity contribution in [3.05, 3.63) is 65.5 Å². The van der Waals surface area contributed by atoms with Crippen LogP contribution in [-0.2, 0) is 11.2 Å². The molecule has 0 spiro atoms. The summed E-state index contributed by atoms with van der Waals surface area (Å²) in [7, 11) is 0. The number of hydrogen-bond acceptors (Lipinski definition) is 3. The highest BCUT2D eigenvalue weighted by Gasteiger charge is 2.28. The van der Waals surface area contributed by atoms with Crippen molar-refractivity contribution >= 4 is 5.97 Å². The molecule has 0 N–H and O–H groups in total. The Morgan fingerprint density at radius 1 is 1.08 bits per heavy atom. The molecule has 0 aromatic heterocycles. The Bertz CT molecular complexity index is 774. The lowest BCUT2D eigenvalue weighted by atomic mass is 9.79. The molecule has 4 heteroatoms. The molecular formula is C21H20FNO2. The Labute approximate surface area is 147 Å². The van der Waals surface area contributed by atoms with Gasteiger partial charge in [0.15, 0.2) is 5.75 Å². The second kappa shape index (κ2) is 7.94. The number of nitriles is 1. The summed E-state index contributed by atoms with van der Waals surface area (Å²) in [6.07, 6.45) is 4.53. The molecule has 2 aromatic carbocycles. The van der Waals surface area contributed by atoms with Crippen molar-refractivity contribution in [3.8, 4) is 11.8 Å². The Morgan fingerprint density at radius 2 is 1.80 bits per heavy atom. The Kier molecular flexibility index (Phi) is 5.45. The van der Waals surface area contributed by atoms with Gasteiger partial charge in [-0.3, -0.25) is 4.79 Å². The molecule has 0 atom stereocenters. The summed E-state index contributed by atoms with van der Waals surface area (Å²) in [5.74, 6) is -0.615. The van der Waals surface area contributed by atoms with E-state index in [0.717, 1.165) is 32.1 Å². The minimum atomic E-state index is -0.667. The summed E-state index contributed by atoms with van der Waals surface area (Å²) in [6.45, 7) is 0. The third kappa shape index (κ3) is 4.24. The number of ether oxygens (including phenoxy) is 1. The van der Waals surface area contributed by atoms with Gasteiger partial charge in [-0.15, -0.1) is 0 Å². The summed E-state index contributed by atoms with van der Waals surface area (Å²) in [4.78, 5) is 12.4. The van der Waals surface area contributed by atoms with E-state index in [4.69, 9.17) is 10.00 Å². The molecule has 3 nitrogen and oxygen atoms in total. The fraction of sp³-hybridized carbons (Fsp3) is 0.333. The predicted molar refractivity (Wildman–Crippen MR) is 92.3 cm³/mol. The molecule has 0 heterocycles. The van der Waals surface area contributed by atoms with E-state index in [1.54, 1.807) is 6.07 Å². The van der Waals surface area contributed by atoms with Gasteiger partial charge in [0.1, 0.15) is 17.4 Å². The van der Waals surface area contributed by atoms with Crippen LogP contribution in [0.5, 0.6) is 5.75 Å². The van der Waals surface area contributed by atoms with E-state index in [2.05, 4.69) is 12.1 Å². The maximum Gasteiger partial charge on any atom is 0.314 e. The van der Waals surface area contributed by atoms with Gasteiger partial charge in [0.25, 0.3) is 0 Å². The first-order valence-electron chi connectivity index (χ1n) is 8.61. The number of carbonyl (C=O) groups excluding carboxylic acids is 1. The molecule has 1 aliphatic rings. The number of esters is 1. The van der Waals surface area contributed by atoms with Gasteiger partial charge in [-0.05, 0) is 55.7 Å². The molecule has 25 heavy (non-hydrogen) atoms. The van der Waals surface area contributed by atoms with Gasteiger partial charge in [-0.25, -0.2) is 4.39 Å². The van der Waals surface area contributed by atoms with Gasteiger partial charge in [0.05, 0.1) is 5.92 Å². The summed E-state index contributed by atoms with van der Waals surface area (Å²) >= 11 is 0. The Balaban J connectivity index is 1.55. The molecule has 1 saturated carbocycles. The van der Waals surface area contributed by atoms with Crippen LogP contribution in [0.4, 0.5) is 4.39 Å². The lowest BCUT2D eigenvalue weighted by Crippen LogP contribution is -2.26. The summed E-state index contributed by atoms with van der Waals surface area (Å²) in [5.41, 5.74) is 1.11. The SMILES string of the molecule is N#Cc1c(F)cccc1OC(=O)[C@H]1CC[C@H](Cc2ccccc2)CC1. The zero-order valence-corrected chi connectivity index (χ0v) is 14.0. The second-order valence-corrected chi connectivity index (χ2v) is 6.55. The average molecular weight is 337 g/mol. The third-order valence-corrected chi connectivity index (χ3v) is 4.85. The minimum Gasteiger partial charge on any atom is -0.425 e. The average Bonchev–Trinajstić information content (AvgIpc) is 2.63. The lowest BCUT2D eigenvalue weighted by Gasteiger charge is -2.27. The van der Waals surface area contributed by atoms with E-state index in [1.807, 2.05) is 18.2 Å². The minimum absolute atomic E-state index is 0.0129. The van der Waals surface area contributed by atoms with Crippen molar-refractivity contribution in [2.24, 2.45) is 11.8 Å². The van der Waals surface area contributed by atoms with Crippen LogP contribution in [0.15, 0.2) is 48.5 Å². The quantitative estimate of drug-likeness (QED) is 0.602. The molecule has 0 amide bonds. The number of rotatable bonds is 4. The highest BCUT2D eigenvalue weighted by Crippen LogP contribution is 2.32. The van der Waals surface area contributed by atoms with Crippen molar-refractivity contribution in [2.45, 2.75) is 32.1 Å². The van der Waals surface area contributed by atoms with Crippen LogP contribution in [0.3, 0.4) is 0 Å². The molecule has 0 aliphatic heterocycles. The summed E-state index contributed by atoms with van der Waals surface area (Å²) < 4.78 is 18.9. The zero-order chi connectivity index (χ0) is 17.6. The van der Waals surface area contributed by atoms with E-state index in [0.29, 0.717) is 5.92 Å². The van der Waals surface area contributed by atoms with Gasteiger partial charge in [-0.2, -0.15) is 5.26 Å². The molecule has 0 radical (unpaired) electrons. The molecule has 0 unspecified atom stereocenters. The van der Waals surface area contributed by atoms with E-state index in [1.165, 1.54) is 23.8 Å². The first kappa shape index (κ1) is 17.2. The monoisotopic (exact) mass is 337 g/mol. The topological polar surface area (TPSA) is 50.1 Å². The van der Waals surface area contributed by atoms with Gasteiger partial charge in [-0.1, -0.05) is 36.4 Å². The Hall–Kier alpha value is -2.67. The zero-order valence-electron chi connectivity index (χ0n) is 14.0. The molecule has 1 fully saturated rings. The summed E-state index contributed by atoms with van der Waals surface area (Å²) in [5, 5.41) is 9.02. The predicted octanol–water partition coefficient (Wildman–Crippen LogP) is 4.65. The van der Waals surface area contributed by atoms with Crippen molar-refractivity contribution in [3.63, 3.8) is 0 Å². The molecule has 128 valence electrons. The van der Waals surface area contributed by atoms with Crippen molar-refractivity contribution in [2.75, 3.05) is 0 Å². The van der Waals surface area contributed by atoms with Crippen LogP contribution in [0, 0.1) is 29.0 Å². The van der Waals surface area contributed by atoms with Crippen LogP contribution in [0.2, 0.25) is 0 Å². The van der Waals surface area contributed by atoms with Crippen LogP contribution >= 0.6 is 0 Å². The highest BCUT2D eigenvalue weighted by molar-refractivity contribution is 5.76. The molecular weight excluding hydrogens is 317 g/mol. The maximum atomic E-state index is 13.6. The van der Waals surface area contributed by atoms with Crippen molar-refractivity contribution in [1.29, 1.82) is 5.26 Å². The number of nitrogens with zero attached hydrogens (tertiary/aromatic N) is 1. The van der Waals surface area contributed by atoms with Crippen molar-refractivity contribution < 1.29 is 13.9 Å². The number of benzene rings is 2. The standard InChI is InChI=1S/C21H20FNO2/c22-19-7-4-8-20(18(19)14-23)25-21(24)17-11-9-16(10-12-17)13-15-5-2-1-3-6-15/h1-8,16-17H,9-13H2/t16-,17-. The first-order valence-corrected chi connectivity index (χ1v) is 8.61. The van der Waals surface area contributed by atoms with Gasteiger partial charge in [0.2, 0.25) is 0 Å². The van der Waals surface area contributed by atoms with E-state index in [9.17, 15) is 9.18 Å². The molecule has 0 saturated heterocycles. The highest BCUT2D eigenvalue weighted by atomic mass is 19.1. The third-order valence-electron chi connectivity index (χ3n) is 4.85. The smallest absolute Gasteiger partial charge is 0.314 e. The van der Waals surface area contributed by atoms with Gasteiger partial charge >= 0.3 is 5.97 Å². The fourth-order valence-corrected chi connectivity index (χ4v) is 3.44. The second-order valence-electron chi connectivity index (χ2n) is 6.55. The molecule has 0 bridgehead atoms. The largest absolute Gasteiger partial charge is 0.425 e. The first-order chi connectivity index (χ1) is 12.2. The number of hydrogen-bond donors (Lipinski definition) is 0. The lowest BCUT2D eigenvalue weighted by molar-refractivity contribution is -0.140. The molecule has 2 aromatic rings. The van der Waals surface area contributed by atoms with Gasteiger partial charge < -0.3 is 4.74 Å². The summed E-state index contributed by atoms with van der Waals surface area (Å²) in [6, 6.07) is 16.2. The number of halogens is 1. The Morgan fingerprint density at radius 3 is 2.48 bits per heavy atom. The van der Waals surface area contributed by atoms with E-state index < -0.39 is 5.82 Å². The molecule has 3 rings (SSSR count). The van der Waals surface area contributed by atoms with Crippen LogP contribution in [-0.4, -0.2) is 5.97 Å².